The lowest BCUT2D eigenvalue weighted by atomic mass is 9.97. The SMILES string of the molecule is COC(=O)C1CCN(C(=O)CSc2nnc(-c3ccccc3F)n2C2CC2)CC1. The van der Waals surface area contributed by atoms with Gasteiger partial charge in [-0.3, -0.25) is 14.2 Å². The number of hydrogen-bond acceptors (Lipinski definition) is 6. The van der Waals surface area contributed by atoms with Crippen molar-refractivity contribution >= 4 is 23.6 Å². The van der Waals surface area contributed by atoms with Crippen molar-refractivity contribution in [1.29, 1.82) is 0 Å². The number of benzene rings is 1. The summed E-state index contributed by atoms with van der Waals surface area (Å²) in [7, 11) is 1.39. The highest BCUT2D eigenvalue weighted by atomic mass is 32.2. The molecule has 0 spiro atoms. The molecule has 1 amide bonds. The number of likely N-dealkylation sites (tertiary alicyclic amines) is 1. The van der Waals surface area contributed by atoms with Gasteiger partial charge in [-0.05, 0) is 37.8 Å². The van der Waals surface area contributed by atoms with Crippen molar-refractivity contribution in [3.8, 4) is 11.4 Å². The van der Waals surface area contributed by atoms with Gasteiger partial charge in [-0.1, -0.05) is 23.9 Å². The number of esters is 1. The molecular weight excluding hydrogens is 395 g/mol. The topological polar surface area (TPSA) is 77.3 Å². The van der Waals surface area contributed by atoms with Gasteiger partial charge in [0.1, 0.15) is 5.82 Å². The number of halogens is 1. The number of piperidine rings is 1. The second-order valence-electron chi connectivity index (χ2n) is 7.35. The van der Waals surface area contributed by atoms with Crippen molar-refractivity contribution in [2.45, 2.75) is 36.9 Å². The standard InChI is InChI=1S/C20H23FN4O3S/c1-28-19(27)13-8-10-24(11-9-13)17(26)12-29-20-23-22-18(25(20)14-6-7-14)15-4-2-3-5-16(15)21/h2-5,13-14H,6-12H2,1H3. The molecule has 0 atom stereocenters. The van der Waals surface area contributed by atoms with Gasteiger partial charge in [0.25, 0.3) is 0 Å². The largest absolute Gasteiger partial charge is 0.469 e. The Morgan fingerprint density at radius 1 is 1.17 bits per heavy atom. The molecule has 0 unspecified atom stereocenters. The monoisotopic (exact) mass is 418 g/mol. The highest BCUT2D eigenvalue weighted by Crippen LogP contribution is 2.41. The summed E-state index contributed by atoms with van der Waals surface area (Å²) in [4.78, 5) is 26.0. The summed E-state index contributed by atoms with van der Waals surface area (Å²) in [5, 5.41) is 9.09. The molecule has 2 heterocycles. The third-order valence-electron chi connectivity index (χ3n) is 5.40. The predicted molar refractivity (Wildman–Crippen MR) is 106 cm³/mol. The highest BCUT2D eigenvalue weighted by molar-refractivity contribution is 7.99. The molecule has 1 aliphatic heterocycles. The van der Waals surface area contributed by atoms with Gasteiger partial charge in [-0.2, -0.15) is 0 Å². The number of hydrogen-bond donors (Lipinski definition) is 0. The van der Waals surface area contributed by atoms with Crippen LogP contribution in [0.3, 0.4) is 0 Å². The van der Waals surface area contributed by atoms with Crippen LogP contribution in [0.25, 0.3) is 11.4 Å². The molecule has 2 aliphatic rings. The minimum Gasteiger partial charge on any atom is -0.469 e. The van der Waals surface area contributed by atoms with Crippen LogP contribution in [-0.4, -0.2) is 57.5 Å². The number of ether oxygens (including phenoxy) is 1. The fraction of sp³-hybridized carbons (Fsp3) is 0.500. The molecule has 0 radical (unpaired) electrons. The fourth-order valence-corrected chi connectivity index (χ4v) is 4.52. The summed E-state index contributed by atoms with van der Waals surface area (Å²) in [5.74, 6) is 0.103. The highest BCUT2D eigenvalue weighted by Gasteiger charge is 2.32. The Morgan fingerprint density at radius 3 is 2.55 bits per heavy atom. The minimum atomic E-state index is -0.331. The van der Waals surface area contributed by atoms with E-state index in [0.29, 0.717) is 42.5 Å². The maximum absolute atomic E-state index is 14.2. The summed E-state index contributed by atoms with van der Waals surface area (Å²) in [6.07, 6.45) is 3.25. The van der Waals surface area contributed by atoms with Crippen molar-refractivity contribution in [3.05, 3.63) is 30.1 Å². The Labute approximate surface area is 172 Å². The summed E-state index contributed by atoms with van der Waals surface area (Å²) < 4.78 is 21.0. The van der Waals surface area contributed by atoms with E-state index >= 15 is 0 Å². The number of carbonyl (C=O) groups excluding carboxylic acids is 2. The number of amides is 1. The normalized spacial score (nSPS) is 17.4. The average Bonchev–Trinajstić information content (AvgIpc) is 3.51. The molecule has 1 aromatic carbocycles. The summed E-state index contributed by atoms with van der Waals surface area (Å²) in [6, 6.07) is 6.79. The second-order valence-corrected chi connectivity index (χ2v) is 8.30. The van der Waals surface area contributed by atoms with E-state index in [2.05, 4.69) is 10.2 Å². The molecule has 2 aromatic rings. The van der Waals surface area contributed by atoms with E-state index in [1.165, 1.54) is 24.9 Å². The van der Waals surface area contributed by atoms with E-state index in [-0.39, 0.29) is 35.4 Å². The van der Waals surface area contributed by atoms with Crippen LogP contribution in [0.2, 0.25) is 0 Å². The average molecular weight is 418 g/mol. The van der Waals surface area contributed by atoms with Crippen LogP contribution in [0.4, 0.5) is 4.39 Å². The lowest BCUT2D eigenvalue weighted by Crippen LogP contribution is -2.41. The van der Waals surface area contributed by atoms with Crippen molar-refractivity contribution in [2.24, 2.45) is 5.92 Å². The van der Waals surface area contributed by atoms with Gasteiger partial charge >= 0.3 is 5.97 Å². The Morgan fingerprint density at radius 2 is 1.90 bits per heavy atom. The van der Waals surface area contributed by atoms with Gasteiger partial charge in [0, 0.05) is 19.1 Å². The van der Waals surface area contributed by atoms with Gasteiger partial charge in [-0.15, -0.1) is 10.2 Å². The van der Waals surface area contributed by atoms with E-state index in [4.69, 9.17) is 4.74 Å². The molecule has 4 rings (SSSR count). The zero-order chi connectivity index (χ0) is 20.4. The molecule has 9 heteroatoms. The molecule has 1 aromatic heterocycles. The van der Waals surface area contributed by atoms with Crippen molar-refractivity contribution in [2.75, 3.05) is 26.0 Å². The first-order valence-corrected chi connectivity index (χ1v) is 10.7. The van der Waals surface area contributed by atoms with E-state index in [9.17, 15) is 14.0 Å². The van der Waals surface area contributed by atoms with Gasteiger partial charge in [0.05, 0.1) is 24.3 Å². The molecule has 1 aliphatic carbocycles. The minimum absolute atomic E-state index is 0.0103. The zero-order valence-corrected chi connectivity index (χ0v) is 17.0. The smallest absolute Gasteiger partial charge is 0.308 e. The van der Waals surface area contributed by atoms with Gasteiger partial charge in [0.2, 0.25) is 5.91 Å². The van der Waals surface area contributed by atoms with Crippen LogP contribution in [0, 0.1) is 11.7 Å². The molecule has 1 saturated heterocycles. The molecule has 2 fully saturated rings. The number of methoxy groups -OCH3 is 1. The molecule has 0 bridgehead atoms. The number of carbonyl (C=O) groups is 2. The van der Waals surface area contributed by atoms with Crippen LogP contribution in [-0.2, 0) is 14.3 Å². The number of rotatable bonds is 6. The third-order valence-corrected chi connectivity index (χ3v) is 6.33. The molecule has 154 valence electrons. The number of aromatic nitrogens is 3. The first kappa shape index (κ1) is 19.9. The Balaban J connectivity index is 1.41. The van der Waals surface area contributed by atoms with Gasteiger partial charge in [0.15, 0.2) is 11.0 Å². The summed E-state index contributed by atoms with van der Waals surface area (Å²) in [5.41, 5.74) is 0.426. The quantitative estimate of drug-likeness (QED) is 0.530. The van der Waals surface area contributed by atoms with E-state index in [1.807, 2.05) is 4.57 Å². The number of thioether (sulfide) groups is 1. The first-order valence-electron chi connectivity index (χ1n) is 9.76. The van der Waals surface area contributed by atoms with Crippen LogP contribution >= 0.6 is 11.8 Å². The zero-order valence-electron chi connectivity index (χ0n) is 16.2. The molecule has 1 saturated carbocycles. The first-order chi connectivity index (χ1) is 14.1. The maximum atomic E-state index is 14.2. The lowest BCUT2D eigenvalue weighted by molar-refractivity contribution is -0.148. The lowest BCUT2D eigenvalue weighted by Gasteiger charge is -2.30. The van der Waals surface area contributed by atoms with Crippen molar-refractivity contribution in [1.82, 2.24) is 19.7 Å². The van der Waals surface area contributed by atoms with Crippen LogP contribution in [0.1, 0.15) is 31.7 Å². The molecule has 7 nitrogen and oxygen atoms in total. The molecular formula is C20H23FN4O3S. The van der Waals surface area contributed by atoms with Crippen LogP contribution < -0.4 is 0 Å². The van der Waals surface area contributed by atoms with E-state index in [0.717, 1.165) is 12.8 Å². The summed E-state index contributed by atoms with van der Waals surface area (Å²) in [6.45, 7) is 1.10. The fourth-order valence-electron chi connectivity index (χ4n) is 3.61. The third kappa shape index (κ3) is 4.29. The summed E-state index contributed by atoms with van der Waals surface area (Å²) >= 11 is 1.33. The van der Waals surface area contributed by atoms with E-state index in [1.54, 1.807) is 23.1 Å². The Hall–Kier alpha value is -2.42. The van der Waals surface area contributed by atoms with Crippen molar-refractivity contribution < 1.29 is 18.7 Å². The Bertz CT molecular complexity index is 907. The van der Waals surface area contributed by atoms with Crippen molar-refractivity contribution in [3.63, 3.8) is 0 Å². The van der Waals surface area contributed by atoms with Crippen LogP contribution in [0.5, 0.6) is 0 Å². The molecule has 0 N–H and O–H groups in total. The second kappa shape index (κ2) is 8.52. The Kier molecular flexibility index (Phi) is 5.84. The molecule has 29 heavy (non-hydrogen) atoms. The maximum Gasteiger partial charge on any atom is 0.308 e. The van der Waals surface area contributed by atoms with Crippen LogP contribution in [0.15, 0.2) is 29.4 Å². The van der Waals surface area contributed by atoms with Gasteiger partial charge < -0.3 is 9.64 Å². The number of nitrogens with zero attached hydrogens (tertiary/aromatic N) is 4. The van der Waals surface area contributed by atoms with Gasteiger partial charge in [-0.25, -0.2) is 4.39 Å². The van der Waals surface area contributed by atoms with E-state index < -0.39 is 0 Å². The predicted octanol–water partition coefficient (Wildman–Crippen LogP) is 2.92.